The molecule has 3 atom stereocenters. The van der Waals surface area contributed by atoms with Crippen molar-refractivity contribution in [3.63, 3.8) is 0 Å². The number of hydrogen-bond donors (Lipinski definition) is 1. The van der Waals surface area contributed by atoms with Gasteiger partial charge in [-0.05, 0) is 26.8 Å². The van der Waals surface area contributed by atoms with Gasteiger partial charge in [-0.15, -0.1) is 0 Å². The molecule has 1 aliphatic rings. The van der Waals surface area contributed by atoms with Gasteiger partial charge in [-0.25, -0.2) is 0 Å². The van der Waals surface area contributed by atoms with Gasteiger partial charge in [0, 0.05) is 26.1 Å². The second-order valence-electron chi connectivity index (χ2n) is 4.60. The van der Waals surface area contributed by atoms with E-state index >= 15 is 0 Å². The lowest BCUT2D eigenvalue weighted by Crippen LogP contribution is -2.43. The molecule has 0 aromatic heterocycles. The molecule has 0 spiro atoms. The number of nitrogens with one attached hydrogen (secondary N) is 1. The van der Waals surface area contributed by atoms with Crippen molar-refractivity contribution in [1.82, 2.24) is 10.2 Å². The van der Waals surface area contributed by atoms with E-state index in [1.165, 1.54) is 0 Å². The summed E-state index contributed by atoms with van der Waals surface area (Å²) in [6, 6.07) is 0.499. The van der Waals surface area contributed by atoms with Gasteiger partial charge >= 0.3 is 0 Å². The number of ether oxygens (including phenoxy) is 1. The Morgan fingerprint density at radius 2 is 2.31 bits per heavy atom. The average molecular weight is 228 g/mol. The molecule has 1 aliphatic heterocycles. The van der Waals surface area contributed by atoms with E-state index in [9.17, 15) is 4.79 Å². The third-order valence-corrected chi connectivity index (χ3v) is 3.26. The summed E-state index contributed by atoms with van der Waals surface area (Å²) in [7, 11) is 1.89. The van der Waals surface area contributed by atoms with Gasteiger partial charge in [-0.2, -0.15) is 0 Å². The molecule has 0 radical (unpaired) electrons. The van der Waals surface area contributed by atoms with Crippen LogP contribution in [0.25, 0.3) is 0 Å². The summed E-state index contributed by atoms with van der Waals surface area (Å²) in [6.07, 6.45) is 1.69. The van der Waals surface area contributed by atoms with Crippen LogP contribution in [0.3, 0.4) is 0 Å². The first-order valence-corrected chi connectivity index (χ1v) is 6.16. The Morgan fingerprint density at radius 1 is 1.62 bits per heavy atom. The third-order valence-electron chi connectivity index (χ3n) is 3.26. The number of nitrogens with zero attached hydrogens (tertiary/aromatic N) is 1. The lowest BCUT2D eigenvalue weighted by atomic mass is 10.1. The molecule has 4 heteroatoms. The first-order valence-electron chi connectivity index (χ1n) is 6.16. The quantitative estimate of drug-likeness (QED) is 0.763. The maximum absolute atomic E-state index is 12.0. The zero-order valence-corrected chi connectivity index (χ0v) is 10.8. The average Bonchev–Trinajstić information content (AvgIpc) is 2.63. The van der Waals surface area contributed by atoms with Gasteiger partial charge in [0.05, 0.1) is 12.1 Å². The Kier molecular flexibility index (Phi) is 5.22. The van der Waals surface area contributed by atoms with Crippen molar-refractivity contribution in [3.05, 3.63) is 0 Å². The minimum atomic E-state index is 0.170. The normalized spacial score (nSPS) is 26.8. The van der Waals surface area contributed by atoms with E-state index in [1.54, 1.807) is 0 Å². The van der Waals surface area contributed by atoms with E-state index in [0.29, 0.717) is 6.42 Å². The molecule has 0 saturated carbocycles. The van der Waals surface area contributed by atoms with Crippen LogP contribution in [0.4, 0.5) is 0 Å². The minimum absolute atomic E-state index is 0.170. The molecule has 3 unspecified atom stereocenters. The van der Waals surface area contributed by atoms with E-state index in [-0.39, 0.29) is 24.1 Å². The van der Waals surface area contributed by atoms with Crippen LogP contribution >= 0.6 is 0 Å². The van der Waals surface area contributed by atoms with Crippen LogP contribution in [-0.4, -0.2) is 49.2 Å². The zero-order valence-electron chi connectivity index (χ0n) is 10.8. The molecule has 0 aromatic rings. The van der Waals surface area contributed by atoms with Crippen molar-refractivity contribution in [2.24, 2.45) is 0 Å². The van der Waals surface area contributed by atoms with E-state index < -0.39 is 0 Å². The number of likely N-dealkylation sites (N-methyl/N-ethyl adjacent to an activating group) is 1. The minimum Gasteiger partial charge on any atom is -0.376 e. The van der Waals surface area contributed by atoms with Crippen LogP contribution < -0.4 is 5.32 Å². The highest BCUT2D eigenvalue weighted by atomic mass is 16.5. The SMILES string of the molecule is CCNC(C)CC(=O)N(C)C1CCOC1C. The topological polar surface area (TPSA) is 41.6 Å². The first-order chi connectivity index (χ1) is 7.56. The first kappa shape index (κ1) is 13.5. The Labute approximate surface area is 98.3 Å². The van der Waals surface area contributed by atoms with Crippen LogP contribution in [0.2, 0.25) is 0 Å². The van der Waals surface area contributed by atoms with Crippen molar-refractivity contribution in [2.75, 3.05) is 20.2 Å². The number of carbonyl (C=O) groups is 1. The predicted octanol–water partition coefficient (Wildman–Crippen LogP) is 1.01. The second-order valence-corrected chi connectivity index (χ2v) is 4.60. The van der Waals surface area contributed by atoms with Crippen molar-refractivity contribution < 1.29 is 9.53 Å². The molecule has 1 heterocycles. The lowest BCUT2D eigenvalue weighted by molar-refractivity contribution is -0.133. The summed E-state index contributed by atoms with van der Waals surface area (Å²) in [6.45, 7) is 7.81. The van der Waals surface area contributed by atoms with Gasteiger partial charge in [0.1, 0.15) is 0 Å². The lowest BCUT2D eigenvalue weighted by Gasteiger charge is -2.28. The molecular formula is C12H24N2O2. The van der Waals surface area contributed by atoms with Gasteiger partial charge in [-0.3, -0.25) is 4.79 Å². The molecule has 1 fully saturated rings. The van der Waals surface area contributed by atoms with Gasteiger partial charge in [0.15, 0.2) is 0 Å². The van der Waals surface area contributed by atoms with Crippen molar-refractivity contribution >= 4 is 5.91 Å². The smallest absolute Gasteiger partial charge is 0.224 e. The molecule has 0 bridgehead atoms. The Bertz CT molecular complexity index is 233. The van der Waals surface area contributed by atoms with Gasteiger partial charge in [0.2, 0.25) is 5.91 Å². The molecule has 94 valence electrons. The summed E-state index contributed by atoms with van der Waals surface area (Å²) in [5.41, 5.74) is 0. The standard InChI is InChI=1S/C12H24N2O2/c1-5-13-9(2)8-12(15)14(4)11-6-7-16-10(11)3/h9-11,13H,5-8H2,1-4H3. The second kappa shape index (κ2) is 6.21. The number of carbonyl (C=O) groups excluding carboxylic acids is 1. The molecule has 1 rings (SSSR count). The van der Waals surface area contributed by atoms with Crippen molar-refractivity contribution in [1.29, 1.82) is 0 Å². The third kappa shape index (κ3) is 3.46. The molecule has 0 aliphatic carbocycles. The molecule has 4 nitrogen and oxygen atoms in total. The fraction of sp³-hybridized carbons (Fsp3) is 0.917. The van der Waals surface area contributed by atoms with Crippen LogP contribution in [0.1, 0.15) is 33.6 Å². The highest BCUT2D eigenvalue weighted by Gasteiger charge is 2.30. The molecule has 1 amide bonds. The maximum atomic E-state index is 12.0. The van der Waals surface area contributed by atoms with Crippen LogP contribution in [0, 0.1) is 0 Å². The number of hydrogen-bond acceptors (Lipinski definition) is 3. The highest BCUT2D eigenvalue weighted by molar-refractivity contribution is 5.76. The Balaban J connectivity index is 2.40. The summed E-state index contributed by atoms with van der Waals surface area (Å²) in [5.74, 6) is 0.204. The molecule has 1 N–H and O–H groups in total. The van der Waals surface area contributed by atoms with Crippen molar-refractivity contribution in [2.45, 2.75) is 51.8 Å². The van der Waals surface area contributed by atoms with Crippen molar-refractivity contribution in [3.8, 4) is 0 Å². The Hall–Kier alpha value is -0.610. The van der Waals surface area contributed by atoms with Crippen LogP contribution in [-0.2, 0) is 9.53 Å². The van der Waals surface area contributed by atoms with E-state index in [2.05, 4.69) is 12.2 Å². The molecule has 0 aromatic carbocycles. The molecule has 1 saturated heterocycles. The maximum Gasteiger partial charge on any atom is 0.224 e. The predicted molar refractivity (Wildman–Crippen MR) is 64.3 cm³/mol. The highest BCUT2D eigenvalue weighted by Crippen LogP contribution is 2.18. The summed E-state index contributed by atoms with van der Waals surface area (Å²) in [5, 5.41) is 3.25. The number of amides is 1. The summed E-state index contributed by atoms with van der Waals surface area (Å²) >= 11 is 0. The fourth-order valence-corrected chi connectivity index (χ4v) is 2.24. The molecule has 16 heavy (non-hydrogen) atoms. The van der Waals surface area contributed by atoms with Gasteiger partial charge in [-0.1, -0.05) is 6.92 Å². The monoisotopic (exact) mass is 228 g/mol. The molecular weight excluding hydrogens is 204 g/mol. The largest absolute Gasteiger partial charge is 0.376 e. The van der Waals surface area contributed by atoms with Gasteiger partial charge in [0.25, 0.3) is 0 Å². The van der Waals surface area contributed by atoms with Crippen LogP contribution in [0.5, 0.6) is 0 Å². The fourth-order valence-electron chi connectivity index (χ4n) is 2.24. The van der Waals surface area contributed by atoms with E-state index in [4.69, 9.17) is 4.74 Å². The number of rotatable bonds is 5. The summed E-state index contributed by atoms with van der Waals surface area (Å²) in [4.78, 5) is 13.8. The van der Waals surface area contributed by atoms with E-state index in [1.807, 2.05) is 25.8 Å². The zero-order chi connectivity index (χ0) is 12.1. The van der Waals surface area contributed by atoms with Gasteiger partial charge < -0.3 is 15.0 Å². The summed E-state index contributed by atoms with van der Waals surface area (Å²) < 4.78 is 5.48. The Morgan fingerprint density at radius 3 is 2.81 bits per heavy atom. The van der Waals surface area contributed by atoms with E-state index in [0.717, 1.165) is 19.6 Å². The van der Waals surface area contributed by atoms with Crippen LogP contribution in [0.15, 0.2) is 0 Å².